The van der Waals surface area contributed by atoms with E-state index >= 15 is 0 Å². The van der Waals surface area contributed by atoms with Gasteiger partial charge in [-0.25, -0.2) is 4.98 Å². The molecule has 0 amide bonds. The summed E-state index contributed by atoms with van der Waals surface area (Å²) >= 11 is 0. The van der Waals surface area contributed by atoms with Crippen molar-refractivity contribution in [3.63, 3.8) is 0 Å². The van der Waals surface area contributed by atoms with Crippen LogP contribution in [0.5, 0.6) is 0 Å². The lowest BCUT2D eigenvalue weighted by molar-refractivity contribution is 0.510. The van der Waals surface area contributed by atoms with E-state index in [4.69, 9.17) is 0 Å². The van der Waals surface area contributed by atoms with Gasteiger partial charge in [-0.2, -0.15) is 0 Å². The van der Waals surface area contributed by atoms with Gasteiger partial charge in [-0.15, -0.1) is 0 Å². The lowest BCUT2D eigenvalue weighted by atomic mass is 10.2. The number of fused-ring (bicyclic) bond motifs is 1. The summed E-state index contributed by atoms with van der Waals surface area (Å²) < 4.78 is 2.37. The highest BCUT2D eigenvalue weighted by molar-refractivity contribution is 5.79. The Morgan fingerprint density at radius 1 is 1.41 bits per heavy atom. The summed E-state index contributed by atoms with van der Waals surface area (Å²) in [5, 5.41) is 3.56. The fraction of sp³-hybridized carbons (Fsp3) is 0.500. The second-order valence-corrected chi connectivity index (χ2v) is 5.01. The van der Waals surface area contributed by atoms with E-state index in [0.29, 0.717) is 6.04 Å². The van der Waals surface area contributed by atoms with E-state index in [9.17, 15) is 0 Å². The third-order valence-electron chi connectivity index (χ3n) is 3.72. The smallest absolute Gasteiger partial charge is 0.106 e. The van der Waals surface area contributed by atoms with Gasteiger partial charge in [0.2, 0.25) is 0 Å². The molecule has 0 spiro atoms. The van der Waals surface area contributed by atoms with Gasteiger partial charge in [-0.3, -0.25) is 0 Å². The second-order valence-electron chi connectivity index (χ2n) is 5.01. The van der Waals surface area contributed by atoms with Crippen LogP contribution in [0, 0.1) is 13.8 Å². The zero-order chi connectivity index (χ0) is 11.8. The molecule has 1 aliphatic rings. The number of imidazole rings is 1. The van der Waals surface area contributed by atoms with Crippen LogP contribution in [-0.2, 0) is 6.54 Å². The number of aromatic nitrogens is 2. The van der Waals surface area contributed by atoms with Crippen LogP contribution >= 0.6 is 0 Å². The van der Waals surface area contributed by atoms with Gasteiger partial charge in [0.15, 0.2) is 0 Å². The van der Waals surface area contributed by atoms with E-state index in [2.05, 4.69) is 46.9 Å². The zero-order valence-electron chi connectivity index (χ0n) is 10.5. The Balaban J connectivity index is 2.04. The van der Waals surface area contributed by atoms with Crippen LogP contribution in [0.15, 0.2) is 18.2 Å². The molecule has 0 bridgehead atoms. The first-order valence-electron chi connectivity index (χ1n) is 6.41. The fourth-order valence-electron chi connectivity index (χ4n) is 2.84. The molecule has 1 fully saturated rings. The van der Waals surface area contributed by atoms with Crippen LogP contribution in [0.4, 0.5) is 0 Å². The van der Waals surface area contributed by atoms with E-state index in [-0.39, 0.29) is 0 Å². The maximum atomic E-state index is 4.65. The highest BCUT2D eigenvalue weighted by atomic mass is 15.1. The average molecular weight is 229 g/mol. The van der Waals surface area contributed by atoms with E-state index < -0.39 is 0 Å². The molecule has 17 heavy (non-hydrogen) atoms. The van der Waals surface area contributed by atoms with Crippen molar-refractivity contribution in [2.24, 2.45) is 0 Å². The summed E-state index contributed by atoms with van der Waals surface area (Å²) in [5.74, 6) is 1.13. The highest BCUT2D eigenvalue weighted by Gasteiger charge is 2.17. The van der Waals surface area contributed by atoms with E-state index in [1.165, 1.54) is 23.9 Å². The quantitative estimate of drug-likeness (QED) is 0.857. The van der Waals surface area contributed by atoms with Gasteiger partial charge < -0.3 is 9.88 Å². The van der Waals surface area contributed by atoms with Crippen LogP contribution in [0.25, 0.3) is 11.0 Å². The molecule has 1 aromatic heterocycles. The molecular weight excluding hydrogens is 210 g/mol. The molecule has 1 saturated heterocycles. The van der Waals surface area contributed by atoms with Gasteiger partial charge >= 0.3 is 0 Å². The number of hydrogen-bond donors (Lipinski definition) is 1. The number of nitrogens with one attached hydrogen (secondary N) is 1. The van der Waals surface area contributed by atoms with Crippen molar-refractivity contribution in [2.75, 3.05) is 6.54 Å². The Morgan fingerprint density at radius 3 is 3.06 bits per heavy atom. The minimum atomic E-state index is 0.616. The normalized spacial score (nSPS) is 20.2. The van der Waals surface area contributed by atoms with Crippen LogP contribution in [0.3, 0.4) is 0 Å². The molecule has 3 heteroatoms. The van der Waals surface area contributed by atoms with Crippen molar-refractivity contribution in [3.05, 3.63) is 29.6 Å². The lowest BCUT2D eigenvalue weighted by Gasteiger charge is -2.14. The van der Waals surface area contributed by atoms with Gasteiger partial charge in [-0.05, 0) is 44.9 Å². The molecule has 3 rings (SSSR count). The topological polar surface area (TPSA) is 29.9 Å². The van der Waals surface area contributed by atoms with Crippen LogP contribution in [0.1, 0.15) is 24.2 Å². The Bertz CT molecular complexity index is 536. The Kier molecular flexibility index (Phi) is 2.63. The molecule has 2 aromatic rings. The molecule has 1 aliphatic heterocycles. The number of para-hydroxylation sites is 1. The summed E-state index contributed by atoms with van der Waals surface area (Å²) in [6.07, 6.45) is 2.58. The summed E-state index contributed by atoms with van der Waals surface area (Å²) in [6, 6.07) is 6.98. The predicted octanol–water partition coefficient (Wildman–Crippen LogP) is 2.41. The third kappa shape index (κ3) is 1.84. The number of aryl methyl sites for hydroxylation is 2. The van der Waals surface area contributed by atoms with Gasteiger partial charge in [0.1, 0.15) is 5.82 Å². The first-order chi connectivity index (χ1) is 8.25. The highest BCUT2D eigenvalue weighted by Crippen LogP contribution is 2.21. The van der Waals surface area contributed by atoms with Crippen molar-refractivity contribution in [1.82, 2.24) is 14.9 Å². The van der Waals surface area contributed by atoms with Crippen molar-refractivity contribution in [3.8, 4) is 0 Å². The SMILES string of the molecule is Cc1cccc2nc(C)n(CC3CCCN3)c12. The maximum Gasteiger partial charge on any atom is 0.106 e. The molecule has 90 valence electrons. The molecule has 2 heterocycles. The molecule has 0 radical (unpaired) electrons. The van der Waals surface area contributed by atoms with Crippen molar-refractivity contribution >= 4 is 11.0 Å². The van der Waals surface area contributed by atoms with E-state index in [1.54, 1.807) is 0 Å². The molecule has 1 unspecified atom stereocenters. The van der Waals surface area contributed by atoms with Crippen LogP contribution in [0.2, 0.25) is 0 Å². The summed E-state index contributed by atoms with van der Waals surface area (Å²) in [6.45, 7) is 6.49. The zero-order valence-corrected chi connectivity index (χ0v) is 10.5. The molecule has 0 aliphatic carbocycles. The largest absolute Gasteiger partial charge is 0.326 e. The molecule has 1 N–H and O–H groups in total. The monoisotopic (exact) mass is 229 g/mol. The Hall–Kier alpha value is -1.35. The number of benzene rings is 1. The first-order valence-corrected chi connectivity index (χ1v) is 6.41. The Morgan fingerprint density at radius 2 is 2.29 bits per heavy atom. The lowest BCUT2D eigenvalue weighted by Crippen LogP contribution is -2.27. The van der Waals surface area contributed by atoms with E-state index in [0.717, 1.165) is 24.4 Å². The Labute approximate surface area is 102 Å². The van der Waals surface area contributed by atoms with Gasteiger partial charge in [0, 0.05) is 12.6 Å². The molecule has 0 saturated carbocycles. The number of nitrogens with zero attached hydrogens (tertiary/aromatic N) is 2. The summed E-state index contributed by atoms with van der Waals surface area (Å²) in [4.78, 5) is 4.65. The second kappa shape index (κ2) is 4.15. The van der Waals surface area contributed by atoms with Crippen LogP contribution < -0.4 is 5.32 Å². The minimum absolute atomic E-state index is 0.616. The number of rotatable bonds is 2. The maximum absolute atomic E-state index is 4.65. The molecular formula is C14H19N3. The molecule has 1 aromatic carbocycles. The summed E-state index contributed by atoms with van der Waals surface area (Å²) in [7, 11) is 0. The standard InChI is InChI=1S/C14H19N3/c1-10-5-3-7-13-14(10)17(11(2)16-13)9-12-6-4-8-15-12/h3,5,7,12,15H,4,6,8-9H2,1-2H3. The predicted molar refractivity (Wildman–Crippen MR) is 70.2 cm³/mol. The van der Waals surface area contributed by atoms with Crippen molar-refractivity contribution in [2.45, 2.75) is 39.3 Å². The average Bonchev–Trinajstić information content (AvgIpc) is 2.89. The fourth-order valence-corrected chi connectivity index (χ4v) is 2.84. The number of hydrogen-bond acceptors (Lipinski definition) is 2. The molecule has 3 nitrogen and oxygen atoms in total. The van der Waals surface area contributed by atoms with Gasteiger partial charge in [0.25, 0.3) is 0 Å². The van der Waals surface area contributed by atoms with Crippen molar-refractivity contribution in [1.29, 1.82) is 0 Å². The van der Waals surface area contributed by atoms with Crippen molar-refractivity contribution < 1.29 is 0 Å². The molecule has 1 atom stereocenters. The van der Waals surface area contributed by atoms with Crippen LogP contribution in [-0.4, -0.2) is 22.1 Å². The van der Waals surface area contributed by atoms with E-state index in [1.807, 2.05) is 0 Å². The van der Waals surface area contributed by atoms with Gasteiger partial charge in [-0.1, -0.05) is 12.1 Å². The first kappa shape index (κ1) is 10.8. The minimum Gasteiger partial charge on any atom is -0.326 e. The third-order valence-corrected chi connectivity index (χ3v) is 3.72. The summed E-state index contributed by atoms with van der Waals surface area (Å²) in [5.41, 5.74) is 3.75. The van der Waals surface area contributed by atoms with Gasteiger partial charge in [0.05, 0.1) is 11.0 Å².